The molecule has 3 nitrogen and oxygen atoms in total. The molecule has 3 atom stereocenters. The Balaban J connectivity index is 1.48. The largest absolute Gasteiger partial charge is 0.387 e. The van der Waals surface area contributed by atoms with E-state index in [4.69, 9.17) is 0 Å². The second-order valence-electron chi connectivity index (χ2n) is 6.90. The summed E-state index contributed by atoms with van der Waals surface area (Å²) >= 11 is 0. The molecule has 2 aromatic rings. The van der Waals surface area contributed by atoms with E-state index in [2.05, 4.69) is 66.5 Å². The van der Waals surface area contributed by atoms with E-state index in [0.29, 0.717) is 18.6 Å². The molecule has 1 fully saturated rings. The van der Waals surface area contributed by atoms with Crippen LogP contribution in [0.3, 0.4) is 0 Å². The van der Waals surface area contributed by atoms with E-state index in [1.165, 1.54) is 11.1 Å². The number of nitrogens with one attached hydrogen (secondary N) is 1. The molecule has 3 rings (SSSR count). The molecule has 0 aromatic heterocycles. The van der Waals surface area contributed by atoms with E-state index in [9.17, 15) is 5.11 Å². The lowest BCUT2D eigenvalue weighted by molar-refractivity contribution is 0.168. The molecular formula is C21H28N2O. The van der Waals surface area contributed by atoms with Crippen molar-refractivity contribution in [2.75, 3.05) is 19.6 Å². The first-order chi connectivity index (χ1) is 11.6. The molecule has 0 amide bonds. The van der Waals surface area contributed by atoms with Crippen molar-refractivity contribution in [1.29, 1.82) is 0 Å². The molecule has 2 aromatic carbocycles. The van der Waals surface area contributed by atoms with E-state index >= 15 is 0 Å². The fraction of sp³-hybridized carbons (Fsp3) is 0.429. The molecule has 0 radical (unpaired) electrons. The van der Waals surface area contributed by atoms with Gasteiger partial charge in [0.1, 0.15) is 0 Å². The van der Waals surface area contributed by atoms with Crippen LogP contribution >= 0.6 is 0 Å². The van der Waals surface area contributed by atoms with E-state index in [1.54, 1.807) is 0 Å². The van der Waals surface area contributed by atoms with Gasteiger partial charge in [-0.3, -0.25) is 4.90 Å². The molecule has 1 saturated heterocycles. The molecule has 0 bridgehead atoms. The summed E-state index contributed by atoms with van der Waals surface area (Å²) in [7, 11) is 0. The number of hydrogen-bond acceptors (Lipinski definition) is 3. The minimum atomic E-state index is -0.439. The van der Waals surface area contributed by atoms with Gasteiger partial charge in [0, 0.05) is 31.7 Å². The molecule has 1 aliphatic rings. The topological polar surface area (TPSA) is 35.5 Å². The van der Waals surface area contributed by atoms with Crippen LogP contribution in [0.4, 0.5) is 0 Å². The maximum atomic E-state index is 10.3. The normalized spacial score (nSPS) is 20.9. The number of aliphatic hydroxyl groups excluding tert-OH is 1. The first-order valence-electron chi connectivity index (χ1n) is 8.90. The van der Waals surface area contributed by atoms with Gasteiger partial charge in [-0.25, -0.2) is 0 Å². The minimum absolute atomic E-state index is 0.439. The lowest BCUT2D eigenvalue weighted by Crippen LogP contribution is -2.35. The molecule has 0 spiro atoms. The molecule has 0 unspecified atom stereocenters. The summed E-state index contributed by atoms with van der Waals surface area (Å²) < 4.78 is 0. The van der Waals surface area contributed by atoms with Crippen molar-refractivity contribution in [2.24, 2.45) is 0 Å². The van der Waals surface area contributed by atoms with Gasteiger partial charge < -0.3 is 10.4 Å². The van der Waals surface area contributed by atoms with E-state index in [1.807, 2.05) is 12.1 Å². The van der Waals surface area contributed by atoms with Gasteiger partial charge in [0.05, 0.1) is 6.10 Å². The van der Waals surface area contributed by atoms with Crippen molar-refractivity contribution in [2.45, 2.75) is 38.5 Å². The van der Waals surface area contributed by atoms with Crippen molar-refractivity contribution in [3.8, 4) is 0 Å². The number of aliphatic hydroxyl groups is 1. The average molecular weight is 324 g/mol. The maximum Gasteiger partial charge on any atom is 0.0914 e. The molecular weight excluding hydrogens is 296 g/mol. The first-order valence-corrected chi connectivity index (χ1v) is 8.90. The third-order valence-corrected chi connectivity index (χ3v) is 5.11. The van der Waals surface area contributed by atoms with Crippen LogP contribution in [0.1, 0.15) is 42.2 Å². The van der Waals surface area contributed by atoms with Crippen LogP contribution in [0.5, 0.6) is 0 Å². The van der Waals surface area contributed by atoms with Gasteiger partial charge in [-0.1, -0.05) is 60.2 Å². The third kappa shape index (κ3) is 4.23. The highest BCUT2D eigenvalue weighted by Gasteiger charge is 2.26. The predicted octanol–water partition coefficient (Wildman–Crippen LogP) is 3.45. The fourth-order valence-corrected chi connectivity index (χ4v) is 3.43. The highest BCUT2D eigenvalue weighted by Crippen LogP contribution is 2.24. The highest BCUT2D eigenvalue weighted by molar-refractivity contribution is 5.23. The Morgan fingerprint density at radius 2 is 1.79 bits per heavy atom. The standard InChI is InChI=1S/C21H28N2O/c1-16-8-10-19(11-9-16)21(24)14-22-20-12-13-23(15-20)17(2)18-6-4-3-5-7-18/h3-11,17,20-22,24H,12-15H2,1-2H3/t17-,20-,21-/m1/s1. The van der Waals surface area contributed by atoms with E-state index in [-0.39, 0.29) is 0 Å². The van der Waals surface area contributed by atoms with Crippen molar-refractivity contribution in [3.63, 3.8) is 0 Å². The first kappa shape index (κ1) is 17.2. The van der Waals surface area contributed by atoms with Crippen LogP contribution in [0.15, 0.2) is 54.6 Å². The minimum Gasteiger partial charge on any atom is -0.387 e. The van der Waals surface area contributed by atoms with Crippen molar-refractivity contribution < 1.29 is 5.11 Å². The lowest BCUT2D eigenvalue weighted by Gasteiger charge is -2.25. The van der Waals surface area contributed by atoms with Gasteiger partial charge in [0.25, 0.3) is 0 Å². The van der Waals surface area contributed by atoms with Gasteiger partial charge >= 0.3 is 0 Å². The molecule has 24 heavy (non-hydrogen) atoms. The summed E-state index contributed by atoms with van der Waals surface area (Å²) in [6, 6.07) is 19.7. The molecule has 1 aliphatic heterocycles. The van der Waals surface area contributed by atoms with Gasteiger partial charge in [-0.05, 0) is 31.4 Å². The zero-order valence-electron chi connectivity index (χ0n) is 14.7. The van der Waals surface area contributed by atoms with Crippen LogP contribution in [0, 0.1) is 6.92 Å². The smallest absolute Gasteiger partial charge is 0.0914 e. The SMILES string of the molecule is Cc1ccc([C@H](O)CN[C@@H]2CCN([C@H](C)c3ccccc3)C2)cc1. The van der Waals surface area contributed by atoms with Gasteiger partial charge in [-0.2, -0.15) is 0 Å². The Hall–Kier alpha value is -1.68. The van der Waals surface area contributed by atoms with E-state index in [0.717, 1.165) is 25.1 Å². The summed E-state index contributed by atoms with van der Waals surface area (Å²) in [6.07, 6.45) is 0.698. The summed E-state index contributed by atoms with van der Waals surface area (Å²) in [6.45, 7) is 7.10. The summed E-state index contributed by atoms with van der Waals surface area (Å²) in [4.78, 5) is 2.52. The van der Waals surface area contributed by atoms with Crippen molar-refractivity contribution in [3.05, 3.63) is 71.3 Å². The number of aryl methyl sites for hydroxylation is 1. The van der Waals surface area contributed by atoms with Crippen LogP contribution < -0.4 is 5.32 Å². The maximum absolute atomic E-state index is 10.3. The summed E-state index contributed by atoms with van der Waals surface area (Å²) in [5.74, 6) is 0. The second kappa shape index (κ2) is 7.93. The van der Waals surface area contributed by atoms with Gasteiger partial charge in [-0.15, -0.1) is 0 Å². The van der Waals surface area contributed by atoms with Crippen LogP contribution in [0.2, 0.25) is 0 Å². The molecule has 3 heteroatoms. The summed E-state index contributed by atoms with van der Waals surface area (Å²) in [5.41, 5.74) is 3.58. The van der Waals surface area contributed by atoms with Crippen molar-refractivity contribution >= 4 is 0 Å². The number of likely N-dealkylation sites (tertiary alicyclic amines) is 1. The highest BCUT2D eigenvalue weighted by atomic mass is 16.3. The van der Waals surface area contributed by atoms with Gasteiger partial charge in [0.2, 0.25) is 0 Å². The molecule has 1 heterocycles. The van der Waals surface area contributed by atoms with E-state index < -0.39 is 6.10 Å². The Kier molecular flexibility index (Phi) is 5.67. The quantitative estimate of drug-likeness (QED) is 0.854. The number of benzene rings is 2. The summed E-state index contributed by atoms with van der Waals surface area (Å²) in [5, 5.41) is 13.9. The van der Waals surface area contributed by atoms with Crippen molar-refractivity contribution in [1.82, 2.24) is 10.2 Å². The van der Waals surface area contributed by atoms with Crippen LogP contribution in [-0.4, -0.2) is 35.7 Å². The Morgan fingerprint density at radius 3 is 2.50 bits per heavy atom. The second-order valence-corrected chi connectivity index (χ2v) is 6.90. The third-order valence-electron chi connectivity index (χ3n) is 5.11. The van der Waals surface area contributed by atoms with Gasteiger partial charge in [0.15, 0.2) is 0 Å². The molecule has 2 N–H and O–H groups in total. The van der Waals surface area contributed by atoms with Crippen LogP contribution in [0.25, 0.3) is 0 Å². The zero-order chi connectivity index (χ0) is 16.9. The zero-order valence-corrected chi connectivity index (χ0v) is 14.7. The Morgan fingerprint density at radius 1 is 1.08 bits per heavy atom. The monoisotopic (exact) mass is 324 g/mol. The molecule has 0 saturated carbocycles. The predicted molar refractivity (Wildman–Crippen MR) is 99.0 cm³/mol. The molecule has 0 aliphatic carbocycles. The lowest BCUT2D eigenvalue weighted by atomic mass is 10.1. The molecule has 128 valence electrons. The fourth-order valence-electron chi connectivity index (χ4n) is 3.43. The Bertz CT molecular complexity index is 626. The number of nitrogens with zero attached hydrogens (tertiary/aromatic N) is 1. The van der Waals surface area contributed by atoms with Crippen LogP contribution in [-0.2, 0) is 0 Å². The number of rotatable bonds is 6. The Labute approximate surface area is 145 Å². The average Bonchev–Trinajstić information content (AvgIpc) is 3.09. The number of hydrogen-bond donors (Lipinski definition) is 2.